The van der Waals surface area contributed by atoms with E-state index in [0.717, 1.165) is 42.9 Å². The summed E-state index contributed by atoms with van der Waals surface area (Å²) in [5.41, 5.74) is 2.35. The molecule has 162 valence electrons. The third kappa shape index (κ3) is 3.78. The molecule has 1 unspecified atom stereocenters. The van der Waals surface area contributed by atoms with E-state index >= 15 is 0 Å². The van der Waals surface area contributed by atoms with Crippen LogP contribution in [0, 0.1) is 0 Å². The molecular weight excluding hydrogens is 398 g/mol. The summed E-state index contributed by atoms with van der Waals surface area (Å²) >= 11 is 0. The minimum atomic E-state index is -0.612. The normalized spacial score (nSPS) is 21.9. The second-order valence-electron chi connectivity index (χ2n) is 8.27. The zero-order valence-electron chi connectivity index (χ0n) is 17.1. The van der Waals surface area contributed by atoms with Crippen LogP contribution in [-0.4, -0.2) is 56.9 Å². The number of piperidine rings is 2. The smallest absolute Gasteiger partial charge is 0.255 e. The van der Waals surface area contributed by atoms with Crippen molar-refractivity contribution in [2.45, 2.75) is 50.7 Å². The number of fused-ring (bicyclic) bond motifs is 1. The van der Waals surface area contributed by atoms with Crippen LogP contribution in [0.15, 0.2) is 18.2 Å². The summed E-state index contributed by atoms with van der Waals surface area (Å²) in [6.07, 6.45) is 2.67. The minimum Gasteiger partial charge on any atom is -0.349 e. The van der Waals surface area contributed by atoms with Gasteiger partial charge in [-0.1, -0.05) is 18.2 Å². The molecule has 3 aliphatic rings. The van der Waals surface area contributed by atoms with Gasteiger partial charge in [-0.25, -0.2) is 0 Å². The monoisotopic (exact) mass is 423 g/mol. The lowest BCUT2D eigenvalue weighted by molar-refractivity contribution is -0.136. The van der Waals surface area contributed by atoms with Crippen LogP contribution >= 0.6 is 0 Å². The summed E-state index contributed by atoms with van der Waals surface area (Å²) in [6, 6.07) is 5.11. The van der Waals surface area contributed by atoms with Gasteiger partial charge in [-0.2, -0.15) is 4.98 Å². The fourth-order valence-electron chi connectivity index (χ4n) is 4.64. The van der Waals surface area contributed by atoms with Crippen molar-refractivity contribution in [2.75, 3.05) is 18.4 Å². The zero-order valence-corrected chi connectivity index (χ0v) is 17.1. The summed E-state index contributed by atoms with van der Waals surface area (Å²) in [6.45, 7) is 2.74. The average Bonchev–Trinajstić information content (AvgIpc) is 3.38. The summed E-state index contributed by atoms with van der Waals surface area (Å²) in [5.74, 6) is 0.927. The van der Waals surface area contributed by atoms with Crippen molar-refractivity contribution in [1.29, 1.82) is 0 Å². The number of carbonyl (C=O) groups is 3. The Morgan fingerprint density at radius 3 is 2.77 bits per heavy atom. The number of aromatic amines is 1. The molecular formula is C21H25N7O3. The Kier molecular flexibility index (Phi) is 5.14. The molecule has 10 nitrogen and oxygen atoms in total. The molecule has 1 atom stereocenters. The fraction of sp³-hybridized carbons (Fsp3) is 0.476. The number of aromatic nitrogens is 3. The first kappa shape index (κ1) is 19.7. The second kappa shape index (κ2) is 8.10. The van der Waals surface area contributed by atoms with Crippen molar-refractivity contribution in [1.82, 2.24) is 30.7 Å². The van der Waals surface area contributed by atoms with Crippen molar-refractivity contribution in [3.8, 4) is 0 Å². The van der Waals surface area contributed by atoms with Crippen molar-refractivity contribution < 1.29 is 14.4 Å². The molecule has 0 bridgehead atoms. The number of amides is 3. The lowest BCUT2D eigenvalue weighted by Crippen LogP contribution is -2.52. The molecule has 0 spiro atoms. The zero-order chi connectivity index (χ0) is 21.4. The van der Waals surface area contributed by atoms with E-state index in [2.05, 4.69) is 31.1 Å². The standard InChI is InChI=1S/C21H25N7O3/c29-16-5-4-15(19(30)24-16)28-11-14-3-1-2-13(17(14)20(28)31)10-23-21-25-18(26-27-21)12-6-8-22-9-7-12/h1-3,12,15,22H,4-11H2,(H,24,29,30)(H2,23,25,26,27). The molecule has 5 rings (SSSR count). The molecule has 4 heterocycles. The van der Waals surface area contributed by atoms with Crippen LogP contribution in [0.5, 0.6) is 0 Å². The van der Waals surface area contributed by atoms with Gasteiger partial charge in [-0.05, 0) is 43.5 Å². The van der Waals surface area contributed by atoms with Gasteiger partial charge in [0.25, 0.3) is 5.91 Å². The number of nitrogens with zero attached hydrogens (tertiary/aromatic N) is 3. The highest BCUT2D eigenvalue weighted by Crippen LogP contribution is 2.30. The van der Waals surface area contributed by atoms with Crippen molar-refractivity contribution >= 4 is 23.7 Å². The molecule has 3 aliphatic heterocycles. The first-order chi connectivity index (χ1) is 15.1. The maximum atomic E-state index is 13.2. The maximum Gasteiger partial charge on any atom is 0.255 e. The molecule has 4 N–H and O–H groups in total. The molecule has 2 fully saturated rings. The van der Waals surface area contributed by atoms with Crippen LogP contribution in [0.2, 0.25) is 0 Å². The highest BCUT2D eigenvalue weighted by atomic mass is 16.2. The first-order valence-electron chi connectivity index (χ1n) is 10.7. The number of hydrogen-bond donors (Lipinski definition) is 4. The number of benzene rings is 1. The van der Waals surface area contributed by atoms with E-state index in [1.165, 1.54) is 0 Å². The van der Waals surface area contributed by atoms with Gasteiger partial charge in [0, 0.05) is 31.0 Å². The van der Waals surface area contributed by atoms with Gasteiger partial charge in [0.1, 0.15) is 11.9 Å². The van der Waals surface area contributed by atoms with E-state index in [1.54, 1.807) is 4.90 Å². The van der Waals surface area contributed by atoms with E-state index < -0.39 is 11.9 Å². The van der Waals surface area contributed by atoms with Gasteiger partial charge in [0.2, 0.25) is 17.8 Å². The number of carbonyl (C=O) groups excluding carboxylic acids is 3. The van der Waals surface area contributed by atoms with Gasteiger partial charge >= 0.3 is 0 Å². The largest absolute Gasteiger partial charge is 0.349 e. The topological polar surface area (TPSA) is 132 Å². The fourth-order valence-corrected chi connectivity index (χ4v) is 4.64. The second-order valence-corrected chi connectivity index (χ2v) is 8.27. The van der Waals surface area contributed by atoms with Crippen LogP contribution in [0.25, 0.3) is 0 Å². The number of imide groups is 1. The summed E-state index contributed by atoms with van der Waals surface area (Å²) in [4.78, 5) is 43.0. The molecule has 0 aliphatic carbocycles. The lowest BCUT2D eigenvalue weighted by atomic mass is 9.98. The van der Waals surface area contributed by atoms with E-state index in [-0.39, 0.29) is 18.2 Å². The minimum absolute atomic E-state index is 0.174. The highest BCUT2D eigenvalue weighted by Gasteiger charge is 2.39. The molecule has 1 aromatic heterocycles. The van der Waals surface area contributed by atoms with Crippen LogP contribution in [-0.2, 0) is 22.7 Å². The third-order valence-electron chi connectivity index (χ3n) is 6.30. The van der Waals surface area contributed by atoms with Crippen molar-refractivity contribution in [3.63, 3.8) is 0 Å². The number of H-pyrrole nitrogens is 1. The van der Waals surface area contributed by atoms with Crippen molar-refractivity contribution in [2.24, 2.45) is 0 Å². The van der Waals surface area contributed by atoms with Crippen LogP contribution < -0.4 is 16.0 Å². The van der Waals surface area contributed by atoms with Gasteiger partial charge in [-0.3, -0.25) is 24.8 Å². The Hall–Kier alpha value is -3.27. The van der Waals surface area contributed by atoms with Gasteiger partial charge < -0.3 is 15.5 Å². The molecule has 0 saturated carbocycles. The van der Waals surface area contributed by atoms with Gasteiger partial charge in [0.15, 0.2) is 0 Å². The number of rotatable bonds is 5. The summed E-state index contributed by atoms with van der Waals surface area (Å²) < 4.78 is 0. The lowest BCUT2D eigenvalue weighted by Gasteiger charge is -2.29. The quantitative estimate of drug-likeness (QED) is 0.519. The summed E-state index contributed by atoms with van der Waals surface area (Å²) in [7, 11) is 0. The average molecular weight is 423 g/mol. The van der Waals surface area contributed by atoms with Gasteiger partial charge in [-0.15, -0.1) is 5.10 Å². The number of anilines is 1. The highest BCUT2D eigenvalue weighted by molar-refractivity contribution is 6.06. The first-order valence-corrected chi connectivity index (χ1v) is 10.7. The molecule has 2 aromatic rings. The Balaban J connectivity index is 1.28. The Labute approximate surface area is 179 Å². The van der Waals surface area contributed by atoms with Gasteiger partial charge in [0.05, 0.1) is 0 Å². The predicted molar refractivity (Wildman–Crippen MR) is 111 cm³/mol. The number of nitrogens with one attached hydrogen (secondary N) is 4. The van der Waals surface area contributed by atoms with E-state index in [1.807, 2.05) is 18.2 Å². The van der Waals surface area contributed by atoms with Crippen LogP contribution in [0.3, 0.4) is 0 Å². The molecule has 3 amide bonds. The molecule has 2 saturated heterocycles. The maximum absolute atomic E-state index is 13.2. The Bertz CT molecular complexity index is 1030. The Morgan fingerprint density at radius 2 is 1.97 bits per heavy atom. The van der Waals surface area contributed by atoms with E-state index in [0.29, 0.717) is 36.9 Å². The SMILES string of the molecule is O=C1CCC(N2Cc3cccc(CNc4n[nH]c(C5CCNCC5)n4)c3C2=O)C(=O)N1. The van der Waals surface area contributed by atoms with E-state index in [4.69, 9.17) is 0 Å². The Morgan fingerprint density at radius 1 is 1.13 bits per heavy atom. The van der Waals surface area contributed by atoms with Crippen molar-refractivity contribution in [3.05, 3.63) is 40.7 Å². The molecule has 31 heavy (non-hydrogen) atoms. The summed E-state index contributed by atoms with van der Waals surface area (Å²) in [5, 5.41) is 16.2. The molecule has 1 aromatic carbocycles. The van der Waals surface area contributed by atoms with E-state index in [9.17, 15) is 14.4 Å². The number of hydrogen-bond acceptors (Lipinski definition) is 7. The third-order valence-corrected chi connectivity index (χ3v) is 6.30. The van der Waals surface area contributed by atoms with Crippen LogP contribution in [0.1, 0.15) is 58.9 Å². The molecule has 0 radical (unpaired) electrons. The predicted octanol–water partition coefficient (Wildman–Crippen LogP) is 0.645. The van der Waals surface area contributed by atoms with Crippen LogP contribution in [0.4, 0.5) is 5.95 Å². The molecule has 10 heteroatoms.